The summed E-state index contributed by atoms with van der Waals surface area (Å²) in [5, 5.41) is 13.2. The van der Waals surface area contributed by atoms with Gasteiger partial charge in [0.05, 0.1) is 31.7 Å². The number of H-pyrrole nitrogens is 1. The Balaban J connectivity index is 1.62. The number of hydrogen-bond acceptors (Lipinski definition) is 10. The minimum Gasteiger partial charge on any atom is -0.497 e. The molecule has 12 nitrogen and oxygen atoms in total. The minimum atomic E-state index is -1.73. The fraction of sp³-hybridized carbons (Fsp3) is 0.410. The van der Waals surface area contributed by atoms with Crippen LogP contribution in [0.1, 0.15) is 57.0 Å². The smallest absolute Gasteiger partial charge is 0.330 e. The molecule has 2 heterocycles. The molecule has 3 aromatic carbocycles. The van der Waals surface area contributed by atoms with E-state index in [-0.39, 0.29) is 31.7 Å². The number of methoxy groups -OCH3 is 2. The molecule has 1 fully saturated rings. The number of aromatic nitrogens is 2. The van der Waals surface area contributed by atoms with Crippen molar-refractivity contribution in [1.29, 1.82) is 5.26 Å². The standard InChI is InChI=1S/C39H48N5O7P/c1-27(2)44(28(3)4)52(49-25-13-23-40)51-35-33(50-37(36(35)48-6)43-24-22-34(45)42-38(43)46)26-41-39(29-14-9-7-10-15-29,30-16-11-8-12-17-30)31-18-20-32(47-5)21-19-31/h7-12,14-22,24,27-28,33,35-37,41H,13,25-26H2,1-6H3,(H,42,45,46)/t33-,35-,36-,37-,52?/m1/s1. The number of hydrogen-bond donors (Lipinski definition) is 2. The Labute approximate surface area is 306 Å². The van der Waals surface area contributed by atoms with E-state index >= 15 is 0 Å². The van der Waals surface area contributed by atoms with Crippen LogP contribution < -0.4 is 21.3 Å². The summed E-state index contributed by atoms with van der Waals surface area (Å²) in [5.74, 6) is 0.730. The average Bonchev–Trinajstić information content (AvgIpc) is 3.49. The molecule has 52 heavy (non-hydrogen) atoms. The van der Waals surface area contributed by atoms with Gasteiger partial charge in [-0.25, -0.2) is 9.46 Å². The first kappa shape index (κ1) is 39.0. The monoisotopic (exact) mass is 729 g/mol. The molecule has 1 aliphatic rings. The SMILES string of the molecule is COc1ccc(C(NC[C@H]2O[C@@H](n3ccc(=O)[nH]c3=O)[C@H](OC)[C@@H]2OP(OCCC#N)N(C(C)C)C(C)C)(c2ccccc2)c2ccccc2)cc1. The molecule has 1 unspecified atom stereocenters. The molecule has 0 saturated carbocycles. The molecule has 0 spiro atoms. The van der Waals surface area contributed by atoms with Gasteiger partial charge in [-0.1, -0.05) is 72.8 Å². The Kier molecular flexibility index (Phi) is 13.5. The number of rotatable bonds is 17. The van der Waals surface area contributed by atoms with Crippen LogP contribution in [0.5, 0.6) is 5.75 Å². The number of aromatic amines is 1. The van der Waals surface area contributed by atoms with Gasteiger partial charge in [-0.15, -0.1) is 0 Å². The van der Waals surface area contributed by atoms with Gasteiger partial charge >= 0.3 is 5.69 Å². The second-order valence-corrected chi connectivity index (χ2v) is 14.4. The predicted octanol–water partition coefficient (Wildman–Crippen LogP) is 5.70. The first-order valence-corrected chi connectivity index (χ1v) is 18.5. The largest absolute Gasteiger partial charge is 0.497 e. The zero-order chi connectivity index (χ0) is 37.3. The van der Waals surface area contributed by atoms with Crippen LogP contribution in [0.4, 0.5) is 0 Å². The zero-order valence-corrected chi connectivity index (χ0v) is 31.4. The summed E-state index contributed by atoms with van der Waals surface area (Å²) in [6, 6.07) is 31.8. The third-order valence-corrected chi connectivity index (χ3v) is 11.2. The molecule has 5 rings (SSSR count). The van der Waals surface area contributed by atoms with E-state index in [1.807, 2.05) is 60.7 Å². The lowest BCUT2D eigenvalue weighted by Gasteiger charge is -2.40. The molecule has 1 aromatic heterocycles. The lowest BCUT2D eigenvalue weighted by Crippen LogP contribution is -2.50. The van der Waals surface area contributed by atoms with Gasteiger partial charge in [-0.05, 0) is 56.5 Å². The van der Waals surface area contributed by atoms with Gasteiger partial charge in [0.15, 0.2) is 6.23 Å². The highest BCUT2D eigenvalue weighted by atomic mass is 31.2. The van der Waals surface area contributed by atoms with Crippen molar-refractivity contribution in [3.05, 3.63) is 135 Å². The van der Waals surface area contributed by atoms with Gasteiger partial charge in [0.2, 0.25) is 0 Å². The molecule has 0 amide bonds. The van der Waals surface area contributed by atoms with Gasteiger partial charge in [0, 0.05) is 38.0 Å². The summed E-state index contributed by atoms with van der Waals surface area (Å²) in [6.07, 6.45) is -1.58. The number of benzene rings is 3. The summed E-state index contributed by atoms with van der Waals surface area (Å²) in [4.78, 5) is 27.5. The molecule has 4 aromatic rings. The third kappa shape index (κ3) is 8.54. The van der Waals surface area contributed by atoms with Crippen LogP contribution in [0.2, 0.25) is 0 Å². The molecule has 1 aliphatic heterocycles. The van der Waals surface area contributed by atoms with E-state index in [0.29, 0.717) is 0 Å². The number of nitrogens with zero attached hydrogens (tertiary/aromatic N) is 3. The minimum absolute atomic E-state index is 0.0459. The van der Waals surface area contributed by atoms with Gasteiger partial charge < -0.3 is 23.3 Å². The Morgan fingerprint density at radius 1 is 0.904 bits per heavy atom. The van der Waals surface area contributed by atoms with Gasteiger partial charge in [0.25, 0.3) is 14.1 Å². The highest BCUT2D eigenvalue weighted by Crippen LogP contribution is 2.50. The Morgan fingerprint density at radius 3 is 2.02 bits per heavy atom. The zero-order valence-electron chi connectivity index (χ0n) is 30.5. The van der Waals surface area contributed by atoms with Crippen molar-refractivity contribution in [3.63, 3.8) is 0 Å². The quantitative estimate of drug-likeness (QED) is 0.0791. The maximum atomic E-state index is 13.2. The fourth-order valence-corrected chi connectivity index (χ4v) is 8.55. The normalized spacial score (nSPS) is 19.6. The van der Waals surface area contributed by atoms with Crippen LogP contribution in [0.25, 0.3) is 0 Å². The molecule has 2 N–H and O–H groups in total. The van der Waals surface area contributed by atoms with Crippen molar-refractivity contribution in [1.82, 2.24) is 19.5 Å². The maximum Gasteiger partial charge on any atom is 0.330 e. The van der Waals surface area contributed by atoms with Crippen molar-refractivity contribution in [2.75, 3.05) is 27.4 Å². The topological polar surface area (TPSA) is 140 Å². The van der Waals surface area contributed by atoms with Gasteiger partial charge in [0.1, 0.15) is 24.1 Å². The molecule has 1 saturated heterocycles. The molecular formula is C39H48N5O7P. The lowest BCUT2D eigenvalue weighted by atomic mass is 9.76. The van der Waals surface area contributed by atoms with Crippen LogP contribution in [0.3, 0.4) is 0 Å². The summed E-state index contributed by atoms with van der Waals surface area (Å²) >= 11 is 0. The van der Waals surface area contributed by atoms with Crippen molar-refractivity contribution >= 4 is 8.53 Å². The molecule has 0 radical (unpaired) electrons. The first-order valence-electron chi connectivity index (χ1n) is 17.4. The lowest BCUT2D eigenvalue weighted by molar-refractivity contribution is -0.0537. The maximum absolute atomic E-state index is 13.2. The summed E-state index contributed by atoms with van der Waals surface area (Å²) in [6.45, 7) is 8.68. The van der Waals surface area contributed by atoms with E-state index in [1.165, 1.54) is 16.8 Å². The predicted molar refractivity (Wildman–Crippen MR) is 200 cm³/mol. The van der Waals surface area contributed by atoms with E-state index in [0.717, 1.165) is 22.4 Å². The fourth-order valence-electron chi connectivity index (χ4n) is 6.78. The van der Waals surface area contributed by atoms with E-state index in [4.69, 9.17) is 23.3 Å². The Hall–Kier alpha value is -4.18. The van der Waals surface area contributed by atoms with Crippen LogP contribution >= 0.6 is 8.53 Å². The number of nitrogens with one attached hydrogen (secondary N) is 2. The molecule has 13 heteroatoms. The van der Waals surface area contributed by atoms with Crippen LogP contribution in [0, 0.1) is 11.3 Å². The summed E-state index contributed by atoms with van der Waals surface area (Å²) in [7, 11) is 1.46. The van der Waals surface area contributed by atoms with Crippen molar-refractivity contribution in [3.8, 4) is 11.8 Å². The van der Waals surface area contributed by atoms with E-state index in [1.54, 1.807) is 14.2 Å². The Bertz CT molecular complexity index is 1820. The highest BCUT2D eigenvalue weighted by Gasteiger charge is 2.50. The highest BCUT2D eigenvalue weighted by molar-refractivity contribution is 7.44. The molecule has 0 aliphatic carbocycles. The van der Waals surface area contributed by atoms with Crippen LogP contribution in [0.15, 0.2) is 107 Å². The second kappa shape index (κ2) is 18.0. The first-order chi connectivity index (χ1) is 25.1. The Morgan fingerprint density at radius 2 is 1.50 bits per heavy atom. The van der Waals surface area contributed by atoms with Crippen LogP contribution in [-0.2, 0) is 24.1 Å². The van der Waals surface area contributed by atoms with Gasteiger partial charge in [-0.2, -0.15) is 5.26 Å². The van der Waals surface area contributed by atoms with Gasteiger partial charge in [-0.3, -0.25) is 19.7 Å². The van der Waals surface area contributed by atoms with Crippen molar-refractivity contribution < 1.29 is 23.3 Å². The molecule has 5 atom stereocenters. The molecule has 0 bridgehead atoms. The number of nitriles is 1. The van der Waals surface area contributed by atoms with E-state index in [2.05, 4.69) is 73.0 Å². The van der Waals surface area contributed by atoms with E-state index in [9.17, 15) is 14.9 Å². The number of ether oxygens (including phenoxy) is 3. The summed E-state index contributed by atoms with van der Waals surface area (Å²) < 4.78 is 35.1. The van der Waals surface area contributed by atoms with Crippen molar-refractivity contribution in [2.24, 2.45) is 0 Å². The average molecular weight is 730 g/mol. The third-order valence-electron chi connectivity index (χ3n) is 9.06. The molecule has 276 valence electrons. The summed E-state index contributed by atoms with van der Waals surface area (Å²) in [5.41, 5.74) is 0.928. The van der Waals surface area contributed by atoms with Crippen LogP contribution in [-0.4, -0.2) is 72.0 Å². The second-order valence-electron chi connectivity index (χ2n) is 13.0. The molecular weight excluding hydrogens is 681 g/mol. The van der Waals surface area contributed by atoms with E-state index < -0.39 is 49.9 Å². The van der Waals surface area contributed by atoms with Crippen molar-refractivity contribution in [2.45, 2.75) is 76.3 Å².